The molecule has 39 heavy (non-hydrogen) atoms. The van der Waals surface area contributed by atoms with Crippen LogP contribution in [-0.4, -0.2) is 5.91 Å². The molecule has 210 valence electrons. The van der Waals surface area contributed by atoms with Crippen LogP contribution >= 0.6 is 0 Å². The summed E-state index contributed by atoms with van der Waals surface area (Å²) in [6.07, 6.45) is -17.0. The van der Waals surface area contributed by atoms with Crippen molar-refractivity contribution in [1.29, 1.82) is 0 Å². The molecule has 0 fully saturated rings. The second-order valence-corrected chi connectivity index (χ2v) is 8.16. The highest BCUT2D eigenvalue weighted by molar-refractivity contribution is 5.93. The van der Waals surface area contributed by atoms with Gasteiger partial charge in [0.05, 0.1) is 17.5 Å². The van der Waals surface area contributed by atoms with Crippen LogP contribution < -0.4 is 5.32 Å². The molecule has 3 aromatic carbocycles. The predicted molar refractivity (Wildman–Crippen MR) is 110 cm³/mol. The van der Waals surface area contributed by atoms with Gasteiger partial charge < -0.3 is 5.32 Å². The van der Waals surface area contributed by atoms with Crippen LogP contribution in [0.4, 0.5) is 62.8 Å². The minimum Gasteiger partial charge on any atom is -0.321 e. The number of rotatable bonds is 4. The van der Waals surface area contributed by atoms with Crippen LogP contribution in [-0.2, 0) is 29.7 Å². The molecule has 0 atom stereocenters. The summed E-state index contributed by atoms with van der Waals surface area (Å²) in [5, 5.41) is 1.40. The fourth-order valence-corrected chi connectivity index (χ4v) is 3.51. The van der Waals surface area contributed by atoms with Gasteiger partial charge >= 0.3 is 18.5 Å². The van der Waals surface area contributed by atoms with E-state index >= 15 is 0 Å². The molecule has 1 N–H and O–H groups in total. The molecular weight excluding hydrogens is 565 g/mol. The average Bonchev–Trinajstić information content (AvgIpc) is 2.80. The second kappa shape index (κ2) is 10.1. The van der Waals surface area contributed by atoms with Crippen molar-refractivity contribution in [3.05, 3.63) is 87.5 Å². The number of carbonyl (C=O) groups excluding carboxylic acids is 1. The molecule has 1 amide bonds. The molecule has 0 radical (unpaired) electrons. The van der Waals surface area contributed by atoms with Gasteiger partial charge in [0.2, 0.25) is 5.91 Å². The average molecular weight is 577 g/mol. The fourth-order valence-electron chi connectivity index (χ4n) is 3.51. The summed E-state index contributed by atoms with van der Waals surface area (Å²) in [4.78, 5) is 12.4. The minimum absolute atomic E-state index is 0.0997. The second-order valence-electron chi connectivity index (χ2n) is 8.16. The van der Waals surface area contributed by atoms with Gasteiger partial charge in [-0.3, -0.25) is 4.79 Å². The van der Waals surface area contributed by atoms with Crippen LogP contribution in [0.15, 0.2) is 36.4 Å². The van der Waals surface area contributed by atoms with Crippen molar-refractivity contribution < 1.29 is 61.9 Å². The fraction of sp³-hybridized carbons (Fsp3) is 0.208. The molecular formula is C24H12F13NO. The summed E-state index contributed by atoms with van der Waals surface area (Å²) in [6, 6.07) is 4.06. The molecule has 0 bridgehead atoms. The normalized spacial score (nSPS) is 12.6. The van der Waals surface area contributed by atoms with E-state index in [1.165, 1.54) is 18.3 Å². The first kappa shape index (κ1) is 29.8. The third kappa shape index (κ3) is 6.28. The molecule has 0 spiro atoms. The summed E-state index contributed by atoms with van der Waals surface area (Å²) in [7, 11) is 0. The maximum atomic E-state index is 14.1. The Morgan fingerprint density at radius 3 is 1.59 bits per heavy atom. The third-order valence-electron chi connectivity index (χ3n) is 5.43. The Kier molecular flexibility index (Phi) is 7.69. The number of carbonyl (C=O) groups is 1. The van der Waals surface area contributed by atoms with Gasteiger partial charge in [0, 0.05) is 0 Å². The first-order valence-corrected chi connectivity index (χ1v) is 10.3. The van der Waals surface area contributed by atoms with Crippen molar-refractivity contribution in [2.45, 2.75) is 31.9 Å². The number of hydrogen-bond acceptors (Lipinski definition) is 1. The predicted octanol–water partition coefficient (Wildman–Crippen LogP) is 8.46. The highest BCUT2D eigenvalue weighted by Gasteiger charge is 2.42. The SMILES string of the molecule is Cc1ccc(-c2cc(C(F)(F)F)cc(C(F)(F)F)c2)cc1CC(=O)Nc1c(F)c(F)c(C(F)(F)F)c(F)c1F. The summed E-state index contributed by atoms with van der Waals surface area (Å²) in [5.41, 5.74) is -8.66. The molecule has 2 nitrogen and oxygen atoms in total. The van der Waals surface area contributed by atoms with Crippen molar-refractivity contribution in [3.8, 4) is 11.1 Å². The van der Waals surface area contributed by atoms with Crippen LogP contribution in [0, 0.1) is 30.2 Å². The Morgan fingerprint density at radius 2 is 1.15 bits per heavy atom. The maximum absolute atomic E-state index is 14.1. The molecule has 0 saturated heterocycles. The Bertz CT molecular complexity index is 1370. The molecule has 0 aromatic heterocycles. The maximum Gasteiger partial charge on any atom is 0.422 e. The van der Waals surface area contributed by atoms with Crippen LogP contribution in [0.3, 0.4) is 0 Å². The Balaban J connectivity index is 1.99. The van der Waals surface area contributed by atoms with Gasteiger partial charge in [0.1, 0.15) is 11.3 Å². The zero-order valence-electron chi connectivity index (χ0n) is 19.0. The smallest absolute Gasteiger partial charge is 0.321 e. The molecule has 3 rings (SSSR count). The van der Waals surface area contributed by atoms with E-state index < -0.39 is 82.1 Å². The van der Waals surface area contributed by atoms with Crippen LogP contribution in [0.25, 0.3) is 11.1 Å². The monoisotopic (exact) mass is 577 g/mol. The number of benzene rings is 3. The van der Waals surface area contributed by atoms with Gasteiger partial charge in [0.15, 0.2) is 23.3 Å². The molecule has 3 aromatic rings. The lowest BCUT2D eigenvalue weighted by molar-refractivity contribution is -0.144. The number of halogens is 13. The first-order valence-electron chi connectivity index (χ1n) is 10.3. The lowest BCUT2D eigenvalue weighted by Gasteiger charge is -2.16. The van der Waals surface area contributed by atoms with E-state index in [1.807, 2.05) is 0 Å². The largest absolute Gasteiger partial charge is 0.422 e. The number of alkyl halides is 9. The van der Waals surface area contributed by atoms with E-state index in [1.54, 1.807) is 0 Å². The minimum atomic E-state index is -5.81. The first-order chi connectivity index (χ1) is 17.7. The van der Waals surface area contributed by atoms with Gasteiger partial charge in [-0.05, 0) is 47.4 Å². The van der Waals surface area contributed by atoms with Crippen LogP contribution in [0.2, 0.25) is 0 Å². The Morgan fingerprint density at radius 1 is 0.667 bits per heavy atom. The van der Waals surface area contributed by atoms with Crippen molar-refractivity contribution in [2.24, 2.45) is 0 Å². The van der Waals surface area contributed by atoms with Gasteiger partial charge in [-0.25, -0.2) is 17.6 Å². The van der Waals surface area contributed by atoms with Gasteiger partial charge in [0.25, 0.3) is 0 Å². The number of aryl methyl sites for hydroxylation is 1. The van der Waals surface area contributed by atoms with Crippen molar-refractivity contribution in [1.82, 2.24) is 0 Å². The molecule has 0 unspecified atom stereocenters. The van der Waals surface area contributed by atoms with Gasteiger partial charge in [-0.2, -0.15) is 39.5 Å². The summed E-state index contributed by atoms with van der Waals surface area (Å²) in [6.45, 7) is 1.35. The standard InChI is InChI=1S/C24H12F13NO/c1-9-2-3-10(12-5-13(22(29,30)31)8-14(6-12)23(32,33)34)4-11(9)7-15(39)38-21-19(27)17(25)16(24(35,36)37)18(26)20(21)28/h2-6,8H,7H2,1H3,(H,38,39). The van der Waals surface area contributed by atoms with Gasteiger partial charge in [-0.1, -0.05) is 18.2 Å². The molecule has 0 aliphatic heterocycles. The molecule has 0 aliphatic rings. The van der Waals surface area contributed by atoms with Crippen molar-refractivity contribution >= 4 is 11.6 Å². The zero-order valence-corrected chi connectivity index (χ0v) is 19.0. The van der Waals surface area contributed by atoms with Crippen molar-refractivity contribution in [3.63, 3.8) is 0 Å². The topological polar surface area (TPSA) is 29.1 Å². The van der Waals surface area contributed by atoms with Crippen molar-refractivity contribution in [2.75, 3.05) is 5.32 Å². The Hall–Kier alpha value is -3.78. The zero-order chi connectivity index (χ0) is 29.7. The van der Waals surface area contributed by atoms with E-state index in [9.17, 15) is 61.9 Å². The third-order valence-corrected chi connectivity index (χ3v) is 5.43. The number of nitrogens with one attached hydrogen (secondary N) is 1. The number of amides is 1. The quantitative estimate of drug-likeness (QED) is 0.245. The summed E-state index contributed by atoms with van der Waals surface area (Å²) < 4.78 is 173. The Labute approximate surface area is 210 Å². The summed E-state index contributed by atoms with van der Waals surface area (Å²) in [5.74, 6) is -12.2. The number of anilines is 1. The molecule has 15 heteroatoms. The van der Waals surface area contributed by atoms with Crippen LogP contribution in [0.5, 0.6) is 0 Å². The van der Waals surface area contributed by atoms with Gasteiger partial charge in [-0.15, -0.1) is 0 Å². The van der Waals surface area contributed by atoms with E-state index in [2.05, 4.69) is 0 Å². The highest BCUT2D eigenvalue weighted by atomic mass is 19.4. The lowest BCUT2D eigenvalue weighted by Crippen LogP contribution is -2.21. The molecule has 0 saturated carbocycles. The van der Waals surface area contributed by atoms with E-state index in [-0.39, 0.29) is 22.8 Å². The number of hydrogen-bond donors (Lipinski definition) is 1. The van der Waals surface area contributed by atoms with Crippen LogP contribution in [0.1, 0.15) is 27.8 Å². The lowest BCUT2D eigenvalue weighted by atomic mass is 9.95. The molecule has 0 heterocycles. The summed E-state index contributed by atoms with van der Waals surface area (Å²) >= 11 is 0. The van der Waals surface area contributed by atoms with E-state index in [0.717, 1.165) is 12.1 Å². The highest BCUT2D eigenvalue weighted by Crippen LogP contribution is 2.40. The van der Waals surface area contributed by atoms with E-state index in [0.29, 0.717) is 12.1 Å². The van der Waals surface area contributed by atoms with E-state index in [4.69, 9.17) is 0 Å². The molecule has 0 aliphatic carbocycles.